The molecule has 3 heterocycles. The van der Waals surface area contributed by atoms with Gasteiger partial charge in [0.05, 0.1) is 18.4 Å². The monoisotopic (exact) mass is 219 g/mol. The third kappa shape index (κ3) is 1.65. The minimum Gasteiger partial charge on any atom is -0.421 e. The summed E-state index contributed by atoms with van der Waals surface area (Å²) >= 11 is 0. The second-order valence-electron chi connectivity index (χ2n) is 4.21. The minimum atomic E-state index is -0.280. The number of rotatable bonds is 2. The zero-order chi connectivity index (χ0) is 11.0. The normalized spacial score (nSPS) is 20.6. The lowest BCUT2D eigenvalue weighted by Gasteiger charge is -2.14. The van der Waals surface area contributed by atoms with Gasteiger partial charge in [0.1, 0.15) is 0 Å². The molecule has 16 heavy (non-hydrogen) atoms. The summed E-state index contributed by atoms with van der Waals surface area (Å²) < 4.78 is 12.5. The van der Waals surface area contributed by atoms with Crippen molar-refractivity contribution in [3.05, 3.63) is 34.8 Å². The predicted molar refractivity (Wildman–Crippen MR) is 58.5 cm³/mol. The molecule has 84 valence electrons. The molecule has 0 aromatic carbocycles. The molecule has 1 fully saturated rings. The molecule has 4 nitrogen and oxygen atoms in total. The second-order valence-corrected chi connectivity index (χ2v) is 4.21. The van der Waals surface area contributed by atoms with Crippen molar-refractivity contribution >= 4 is 0 Å². The van der Waals surface area contributed by atoms with Gasteiger partial charge in [-0.15, -0.1) is 0 Å². The minimum absolute atomic E-state index is 0.280. The first kappa shape index (κ1) is 9.66. The molecule has 0 aromatic rings. The van der Waals surface area contributed by atoms with Gasteiger partial charge in [0, 0.05) is 25.3 Å². The van der Waals surface area contributed by atoms with E-state index >= 15 is 0 Å². The standard InChI is InChI=1S/C12H13NO3/c14-12-6-10-11(16-12)2-1-4-13(10)7-9-3-5-15-8-9/h1-2,4,6,9H,3,5,7-8H2. The van der Waals surface area contributed by atoms with Gasteiger partial charge in [-0.05, 0) is 18.6 Å². The van der Waals surface area contributed by atoms with Gasteiger partial charge >= 0.3 is 5.63 Å². The van der Waals surface area contributed by atoms with E-state index in [1.165, 1.54) is 0 Å². The Labute approximate surface area is 92.8 Å². The molecule has 0 aliphatic carbocycles. The highest BCUT2D eigenvalue weighted by molar-refractivity contribution is 5.53. The van der Waals surface area contributed by atoms with Crippen LogP contribution < -0.4 is 5.63 Å². The number of hydrogen-bond acceptors (Lipinski definition) is 3. The number of hydrogen-bond donors (Lipinski definition) is 0. The van der Waals surface area contributed by atoms with Gasteiger partial charge in [-0.1, -0.05) is 0 Å². The number of aromatic nitrogens is 1. The third-order valence-electron chi connectivity index (χ3n) is 3.02. The zero-order valence-corrected chi connectivity index (χ0v) is 8.89. The van der Waals surface area contributed by atoms with Crippen molar-refractivity contribution in [2.75, 3.05) is 13.2 Å². The Balaban J connectivity index is 1.94. The highest BCUT2D eigenvalue weighted by Crippen LogP contribution is 2.22. The van der Waals surface area contributed by atoms with Crippen LogP contribution in [0.1, 0.15) is 6.42 Å². The van der Waals surface area contributed by atoms with Crippen molar-refractivity contribution in [3.63, 3.8) is 0 Å². The molecular formula is C12H13NO3. The van der Waals surface area contributed by atoms with Crippen LogP contribution >= 0.6 is 0 Å². The van der Waals surface area contributed by atoms with E-state index in [2.05, 4.69) is 4.57 Å². The van der Waals surface area contributed by atoms with Gasteiger partial charge in [0.2, 0.25) is 0 Å². The SMILES string of the molecule is O=c1cc2n(CC3CCOC3)cccc-2o1. The van der Waals surface area contributed by atoms with Gasteiger partial charge in [-0.25, -0.2) is 4.79 Å². The second kappa shape index (κ2) is 3.79. The molecule has 0 bridgehead atoms. The molecule has 4 heteroatoms. The molecule has 0 aromatic heterocycles. The molecule has 1 saturated heterocycles. The van der Waals surface area contributed by atoms with E-state index in [1.54, 1.807) is 6.07 Å². The smallest absolute Gasteiger partial charge is 0.338 e. The van der Waals surface area contributed by atoms with Gasteiger partial charge < -0.3 is 13.7 Å². The van der Waals surface area contributed by atoms with Crippen molar-refractivity contribution in [2.45, 2.75) is 13.0 Å². The molecule has 0 N–H and O–H groups in total. The molecule has 0 radical (unpaired) electrons. The number of pyridine rings is 1. The highest BCUT2D eigenvalue weighted by Gasteiger charge is 2.18. The van der Waals surface area contributed by atoms with Crippen LogP contribution in [0.4, 0.5) is 0 Å². The van der Waals surface area contributed by atoms with Crippen LogP contribution in [0.3, 0.4) is 0 Å². The van der Waals surface area contributed by atoms with Crippen LogP contribution in [0, 0.1) is 5.92 Å². The lowest BCUT2D eigenvalue weighted by Crippen LogP contribution is -2.12. The summed E-state index contributed by atoms with van der Waals surface area (Å²) in [5.41, 5.74) is 0.594. The Bertz CT molecular complexity index is 507. The molecule has 0 amide bonds. The molecule has 1 atom stereocenters. The van der Waals surface area contributed by atoms with Crippen molar-refractivity contribution in [2.24, 2.45) is 5.92 Å². The summed E-state index contributed by atoms with van der Waals surface area (Å²) in [4.78, 5) is 11.2. The maximum atomic E-state index is 11.2. The van der Waals surface area contributed by atoms with Crippen molar-refractivity contribution in [1.82, 2.24) is 4.57 Å². The molecule has 1 unspecified atom stereocenters. The lowest BCUT2D eigenvalue weighted by molar-refractivity contribution is 0.182. The van der Waals surface area contributed by atoms with Crippen molar-refractivity contribution < 1.29 is 9.15 Å². The van der Waals surface area contributed by atoms with Crippen LogP contribution in [-0.2, 0) is 11.3 Å². The Kier molecular flexibility index (Phi) is 2.29. The Morgan fingerprint density at radius 1 is 1.50 bits per heavy atom. The van der Waals surface area contributed by atoms with Gasteiger partial charge in [0.25, 0.3) is 0 Å². The van der Waals surface area contributed by atoms with E-state index in [9.17, 15) is 4.79 Å². The van der Waals surface area contributed by atoms with Gasteiger partial charge in [0.15, 0.2) is 5.76 Å². The summed E-state index contributed by atoms with van der Waals surface area (Å²) in [6.45, 7) is 2.54. The van der Waals surface area contributed by atoms with Crippen LogP contribution in [0.5, 0.6) is 0 Å². The van der Waals surface area contributed by atoms with E-state index in [-0.39, 0.29) is 5.63 Å². The fourth-order valence-corrected chi connectivity index (χ4v) is 2.20. The summed E-state index contributed by atoms with van der Waals surface area (Å²) in [7, 11) is 0. The Morgan fingerprint density at radius 2 is 2.44 bits per heavy atom. The molecular weight excluding hydrogens is 206 g/mol. The fraction of sp³-hybridized carbons (Fsp3) is 0.417. The van der Waals surface area contributed by atoms with Crippen molar-refractivity contribution in [1.29, 1.82) is 0 Å². The molecule has 0 spiro atoms. The summed E-state index contributed by atoms with van der Waals surface area (Å²) in [5, 5.41) is 0. The van der Waals surface area contributed by atoms with Gasteiger partial charge in [-0.2, -0.15) is 0 Å². The quantitative estimate of drug-likeness (QED) is 0.770. The van der Waals surface area contributed by atoms with Gasteiger partial charge in [-0.3, -0.25) is 0 Å². The first-order valence-corrected chi connectivity index (χ1v) is 5.50. The van der Waals surface area contributed by atoms with E-state index in [0.717, 1.165) is 31.9 Å². The largest absolute Gasteiger partial charge is 0.421 e. The van der Waals surface area contributed by atoms with E-state index in [1.807, 2.05) is 18.3 Å². The van der Waals surface area contributed by atoms with E-state index < -0.39 is 0 Å². The maximum Gasteiger partial charge on any atom is 0.338 e. The highest BCUT2D eigenvalue weighted by atomic mass is 16.5. The Hall–Kier alpha value is -1.55. The predicted octanol–water partition coefficient (Wildman–Crippen LogP) is 1.58. The first-order chi connectivity index (χ1) is 7.83. The zero-order valence-electron chi connectivity index (χ0n) is 8.89. The molecule has 0 saturated carbocycles. The van der Waals surface area contributed by atoms with Crippen LogP contribution in [0.2, 0.25) is 0 Å². The number of furan rings is 1. The van der Waals surface area contributed by atoms with E-state index in [0.29, 0.717) is 11.7 Å². The van der Waals surface area contributed by atoms with Crippen LogP contribution in [0.15, 0.2) is 33.6 Å². The lowest BCUT2D eigenvalue weighted by atomic mass is 10.1. The molecule has 3 aliphatic rings. The Morgan fingerprint density at radius 3 is 3.25 bits per heavy atom. The topological polar surface area (TPSA) is 44.4 Å². The fourth-order valence-electron chi connectivity index (χ4n) is 2.20. The first-order valence-electron chi connectivity index (χ1n) is 5.50. The third-order valence-corrected chi connectivity index (χ3v) is 3.02. The molecule has 3 rings (SSSR count). The number of ether oxygens (including phenoxy) is 1. The van der Waals surface area contributed by atoms with Crippen LogP contribution in [-0.4, -0.2) is 17.8 Å². The van der Waals surface area contributed by atoms with Crippen molar-refractivity contribution in [3.8, 4) is 11.5 Å². The average Bonchev–Trinajstić information content (AvgIpc) is 2.86. The number of nitrogens with zero attached hydrogens (tertiary/aromatic N) is 1. The summed E-state index contributed by atoms with van der Waals surface area (Å²) in [6, 6.07) is 5.27. The maximum absolute atomic E-state index is 11.2. The summed E-state index contributed by atoms with van der Waals surface area (Å²) in [5.74, 6) is 1.20. The van der Waals surface area contributed by atoms with E-state index in [4.69, 9.17) is 9.15 Å². The average molecular weight is 219 g/mol. The number of fused-ring (bicyclic) bond motifs is 1. The van der Waals surface area contributed by atoms with Crippen LogP contribution in [0.25, 0.3) is 11.5 Å². The summed E-state index contributed by atoms with van der Waals surface area (Å²) in [6.07, 6.45) is 3.07. The molecule has 3 aliphatic heterocycles.